The molecule has 0 saturated carbocycles. The first-order chi connectivity index (χ1) is 10.0. The molecular formula is C16H15N3O2. The summed E-state index contributed by atoms with van der Waals surface area (Å²) in [4.78, 5) is 4.39. The van der Waals surface area contributed by atoms with Gasteiger partial charge in [-0.15, -0.1) is 0 Å². The molecule has 0 bridgehead atoms. The first-order valence-corrected chi connectivity index (χ1v) is 6.55. The van der Waals surface area contributed by atoms with E-state index in [1.807, 2.05) is 38.1 Å². The standard InChI is InChI=1S/C16H15N3O2/c1-9-6-12(7-10(2)14(9)20)15-18-16(21-19-15)11-4-3-5-13(17)8-11/h3-8,20H,17H2,1-2H3. The SMILES string of the molecule is Cc1cc(-c2noc(-c3cccc(N)c3)n2)cc(C)c1O. The molecule has 21 heavy (non-hydrogen) atoms. The van der Waals surface area contributed by atoms with E-state index in [1.54, 1.807) is 12.1 Å². The molecule has 0 fully saturated rings. The first kappa shape index (κ1) is 13.2. The lowest BCUT2D eigenvalue weighted by atomic mass is 10.1. The number of nitrogens with two attached hydrogens (primary N) is 1. The van der Waals surface area contributed by atoms with E-state index in [0.717, 1.165) is 22.3 Å². The van der Waals surface area contributed by atoms with E-state index in [-0.39, 0.29) is 0 Å². The van der Waals surface area contributed by atoms with E-state index in [9.17, 15) is 5.11 Å². The van der Waals surface area contributed by atoms with Crippen LogP contribution in [0.1, 0.15) is 11.1 Å². The summed E-state index contributed by atoms with van der Waals surface area (Å²) in [6, 6.07) is 10.9. The molecule has 0 aliphatic rings. The molecule has 3 rings (SSSR count). The highest BCUT2D eigenvalue weighted by molar-refractivity contribution is 5.65. The maximum absolute atomic E-state index is 9.81. The molecule has 5 heteroatoms. The Kier molecular flexibility index (Phi) is 3.10. The third kappa shape index (κ3) is 2.45. The number of aromatic nitrogens is 2. The fourth-order valence-corrected chi connectivity index (χ4v) is 2.21. The van der Waals surface area contributed by atoms with Crippen LogP contribution in [0.25, 0.3) is 22.8 Å². The Balaban J connectivity index is 2.02. The zero-order valence-electron chi connectivity index (χ0n) is 11.8. The highest BCUT2D eigenvalue weighted by atomic mass is 16.5. The second-order valence-corrected chi connectivity index (χ2v) is 5.01. The largest absolute Gasteiger partial charge is 0.507 e. The second-order valence-electron chi connectivity index (χ2n) is 5.01. The quantitative estimate of drug-likeness (QED) is 0.704. The van der Waals surface area contributed by atoms with Gasteiger partial charge in [0.2, 0.25) is 5.82 Å². The lowest BCUT2D eigenvalue weighted by Gasteiger charge is -2.04. The fourth-order valence-electron chi connectivity index (χ4n) is 2.21. The predicted molar refractivity (Wildman–Crippen MR) is 80.7 cm³/mol. The van der Waals surface area contributed by atoms with Crippen molar-refractivity contribution in [3.8, 4) is 28.6 Å². The predicted octanol–water partition coefficient (Wildman–Crippen LogP) is 3.31. The monoisotopic (exact) mass is 281 g/mol. The summed E-state index contributed by atoms with van der Waals surface area (Å²) in [5, 5.41) is 13.8. The van der Waals surface area contributed by atoms with Gasteiger partial charge in [0.1, 0.15) is 5.75 Å². The Bertz CT molecular complexity index is 786. The van der Waals surface area contributed by atoms with Gasteiger partial charge in [0, 0.05) is 16.8 Å². The molecule has 1 heterocycles. The van der Waals surface area contributed by atoms with Gasteiger partial charge in [-0.3, -0.25) is 0 Å². The molecule has 0 aliphatic carbocycles. The van der Waals surface area contributed by atoms with E-state index in [4.69, 9.17) is 10.3 Å². The Morgan fingerprint density at radius 1 is 1.05 bits per heavy atom. The molecule has 0 unspecified atom stereocenters. The summed E-state index contributed by atoms with van der Waals surface area (Å²) < 4.78 is 5.29. The molecule has 0 radical (unpaired) electrons. The molecule has 1 aromatic heterocycles. The second kappa shape index (κ2) is 4.94. The van der Waals surface area contributed by atoms with Crippen LogP contribution in [0.2, 0.25) is 0 Å². The van der Waals surface area contributed by atoms with Crippen LogP contribution in [0.3, 0.4) is 0 Å². The molecule has 2 aromatic carbocycles. The summed E-state index contributed by atoms with van der Waals surface area (Å²) in [5.74, 6) is 1.19. The molecule has 106 valence electrons. The number of phenols is 1. The van der Waals surface area contributed by atoms with Crippen LogP contribution in [0.5, 0.6) is 5.75 Å². The zero-order valence-corrected chi connectivity index (χ0v) is 11.8. The molecule has 0 spiro atoms. The van der Waals surface area contributed by atoms with E-state index in [0.29, 0.717) is 23.2 Å². The van der Waals surface area contributed by atoms with Gasteiger partial charge in [0.15, 0.2) is 0 Å². The van der Waals surface area contributed by atoms with Gasteiger partial charge >= 0.3 is 0 Å². The van der Waals surface area contributed by atoms with E-state index >= 15 is 0 Å². The van der Waals surface area contributed by atoms with Crippen LogP contribution in [0.15, 0.2) is 40.9 Å². The van der Waals surface area contributed by atoms with Crippen LogP contribution in [0.4, 0.5) is 5.69 Å². The maximum Gasteiger partial charge on any atom is 0.258 e. The third-order valence-corrected chi connectivity index (χ3v) is 3.31. The van der Waals surface area contributed by atoms with Crippen LogP contribution < -0.4 is 5.73 Å². The number of aryl methyl sites for hydroxylation is 2. The van der Waals surface area contributed by atoms with Gasteiger partial charge in [0.25, 0.3) is 5.89 Å². The van der Waals surface area contributed by atoms with Crippen molar-refractivity contribution in [1.82, 2.24) is 10.1 Å². The minimum Gasteiger partial charge on any atom is -0.507 e. The number of nitrogens with zero attached hydrogens (tertiary/aromatic N) is 2. The van der Waals surface area contributed by atoms with Gasteiger partial charge in [-0.25, -0.2) is 0 Å². The first-order valence-electron chi connectivity index (χ1n) is 6.55. The molecule has 3 N–H and O–H groups in total. The maximum atomic E-state index is 9.81. The smallest absolute Gasteiger partial charge is 0.258 e. The molecule has 0 saturated heterocycles. The average molecular weight is 281 g/mol. The van der Waals surface area contributed by atoms with Crippen LogP contribution in [0, 0.1) is 13.8 Å². The number of hydrogen-bond donors (Lipinski definition) is 2. The van der Waals surface area contributed by atoms with Crippen molar-refractivity contribution in [3.63, 3.8) is 0 Å². The third-order valence-electron chi connectivity index (χ3n) is 3.31. The minimum absolute atomic E-state index is 0.290. The lowest BCUT2D eigenvalue weighted by Crippen LogP contribution is -1.87. The van der Waals surface area contributed by atoms with Gasteiger partial charge in [-0.2, -0.15) is 4.98 Å². The van der Waals surface area contributed by atoms with Crippen LogP contribution >= 0.6 is 0 Å². The average Bonchev–Trinajstić information content (AvgIpc) is 2.94. The number of phenolic OH excluding ortho intramolecular Hbond substituents is 1. The van der Waals surface area contributed by atoms with Gasteiger partial charge in [-0.05, 0) is 55.3 Å². The van der Waals surface area contributed by atoms with Crippen LogP contribution in [-0.2, 0) is 0 Å². The van der Waals surface area contributed by atoms with Gasteiger partial charge in [-0.1, -0.05) is 11.2 Å². The van der Waals surface area contributed by atoms with E-state index < -0.39 is 0 Å². The summed E-state index contributed by atoms with van der Waals surface area (Å²) in [6.07, 6.45) is 0. The van der Waals surface area contributed by atoms with Crippen LogP contribution in [-0.4, -0.2) is 15.2 Å². The lowest BCUT2D eigenvalue weighted by molar-refractivity contribution is 0.432. The van der Waals surface area contributed by atoms with Crippen molar-refractivity contribution in [2.45, 2.75) is 13.8 Å². The van der Waals surface area contributed by atoms with Gasteiger partial charge in [0.05, 0.1) is 0 Å². The fraction of sp³-hybridized carbons (Fsp3) is 0.125. The summed E-state index contributed by atoms with van der Waals surface area (Å²) in [7, 11) is 0. The molecule has 5 nitrogen and oxygen atoms in total. The number of benzene rings is 2. The number of anilines is 1. The van der Waals surface area contributed by atoms with Crippen molar-refractivity contribution in [2.24, 2.45) is 0 Å². The highest BCUT2D eigenvalue weighted by Gasteiger charge is 2.13. The topological polar surface area (TPSA) is 85.2 Å². The highest BCUT2D eigenvalue weighted by Crippen LogP contribution is 2.29. The number of nitrogen functional groups attached to an aromatic ring is 1. The van der Waals surface area contributed by atoms with Crippen molar-refractivity contribution in [3.05, 3.63) is 47.5 Å². The Morgan fingerprint density at radius 3 is 2.43 bits per heavy atom. The summed E-state index contributed by atoms with van der Waals surface area (Å²) in [5.41, 5.74) is 9.54. The number of aromatic hydroxyl groups is 1. The van der Waals surface area contributed by atoms with Crippen molar-refractivity contribution >= 4 is 5.69 Å². The molecule has 3 aromatic rings. The Hall–Kier alpha value is -2.82. The van der Waals surface area contributed by atoms with E-state index in [2.05, 4.69) is 10.1 Å². The Morgan fingerprint density at radius 2 is 1.76 bits per heavy atom. The summed E-state index contributed by atoms with van der Waals surface area (Å²) in [6.45, 7) is 3.68. The number of rotatable bonds is 2. The molecule has 0 atom stereocenters. The normalized spacial score (nSPS) is 10.8. The minimum atomic E-state index is 0.290. The molecular weight excluding hydrogens is 266 g/mol. The van der Waals surface area contributed by atoms with Gasteiger partial charge < -0.3 is 15.4 Å². The number of hydrogen-bond acceptors (Lipinski definition) is 5. The zero-order chi connectivity index (χ0) is 15.0. The van der Waals surface area contributed by atoms with Crippen molar-refractivity contribution in [1.29, 1.82) is 0 Å². The van der Waals surface area contributed by atoms with E-state index in [1.165, 1.54) is 0 Å². The summed E-state index contributed by atoms with van der Waals surface area (Å²) >= 11 is 0. The Labute approximate surface area is 122 Å². The molecule has 0 amide bonds. The molecule has 0 aliphatic heterocycles. The van der Waals surface area contributed by atoms with Crippen molar-refractivity contribution in [2.75, 3.05) is 5.73 Å². The van der Waals surface area contributed by atoms with Crippen molar-refractivity contribution < 1.29 is 9.63 Å².